The molecule has 1 heterocycles. The summed E-state index contributed by atoms with van der Waals surface area (Å²) in [6.07, 6.45) is 0.0783. The fourth-order valence-corrected chi connectivity index (χ4v) is 2.45. The van der Waals surface area contributed by atoms with Crippen molar-refractivity contribution in [1.82, 2.24) is 9.88 Å². The Kier molecular flexibility index (Phi) is 4.65. The van der Waals surface area contributed by atoms with E-state index in [0.717, 1.165) is 24.3 Å². The third-order valence-electron chi connectivity index (χ3n) is 2.75. The van der Waals surface area contributed by atoms with Crippen molar-refractivity contribution in [3.8, 4) is 0 Å². The van der Waals surface area contributed by atoms with Crippen LogP contribution in [0.3, 0.4) is 0 Å². The minimum Gasteiger partial charge on any atom is -0.481 e. The first-order valence-electron chi connectivity index (χ1n) is 5.98. The molecule has 0 aliphatic heterocycles. The molecule has 100 valence electrons. The summed E-state index contributed by atoms with van der Waals surface area (Å²) in [6.45, 7) is 1.64. The molecule has 1 aromatic carbocycles. The third-order valence-corrected chi connectivity index (χ3v) is 3.38. The lowest BCUT2D eigenvalue weighted by Crippen LogP contribution is -2.17. The Hall–Kier alpha value is -1.72. The smallest absolute Gasteiger partial charge is 0.307 e. The zero-order valence-electron chi connectivity index (χ0n) is 10.7. The van der Waals surface area contributed by atoms with Gasteiger partial charge in [-0.1, -0.05) is 24.3 Å². The molecule has 0 saturated heterocycles. The van der Waals surface area contributed by atoms with Crippen LogP contribution in [0.1, 0.15) is 16.8 Å². The Morgan fingerprint density at radius 2 is 1.95 bits per heavy atom. The molecule has 0 amide bonds. The van der Waals surface area contributed by atoms with Gasteiger partial charge >= 0.3 is 5.97 Å². The molecule has 19 heavy (non-hydrogen) atoms. The largest absolute Gasteiger partial charge is 0.481 e. The van der Waals surface area contributed by atoms with Crippen LogP contribution in [0.5, 0.6) is 0 Å². The number of aliphatic carboxylic acids is 1. The Labute approximate surface area is 116 Å². The summed E-state index contributed by atoms with van der Waals surface area (Å²) in [6, 6.07) is 7.71. The predicted octanol–water partition coefficient (Wildman–Crippen LogP) is 2.40. The molecule has 2 aromatic rings. The highest BCUT2D eigenvalue weighted by molar-refractivity contribution is 7.07. The first-order valence-corrected chi connectivity index (χ1v) is 6.93. The molecule has 0 saturated carbocycles. The van der Waals surface area contributed by atoms with Crippen LogP contribution in [0, 0.1) is 0 Å². The fourth-order valence-electron chi connectivity index (χ4n) is 1.90. The highest BCUT2D eigenvalue weighted by atomic mass is 32.1. The molecule has 2 rings (SSSR count). The SMILES string of the molecule is CN(Cc1ccc(CC(=O)O)cc1)Cc1cscn1. The van der Waals surface area contributed by atoms with Crippen LogP contribution < -0.4 is 0 Å². The molecule has 0 aliphatic carbocycles. The molecule has 0 radical (unpaired) electrons. The van der Waals surface area contributed by atoms with Crippen molar-refractivity contribution < 1.29 is 9.90 Å². The molecular formula is C14H16N2O2S. The molecule has 5 heteroatoms. The second-order valence-corrected chi connectivity index (χ2v) is 5.26. The van der Waals surface area contributed by atoms with E-state index >= 15 is 0 Å². The van der Waals surface area contributed by atoms with Crippen molar-refractivity contribution in [2.45, 2.75) is 19.5 Å². The average molecular weight is 276 g/mol. The molecule has 1 N–H and O–H groups in total. The highest BCUT2D eigenvalue weighted by Crippen LogP contribution is 2.10. The van der Waals surface area contributed by atoms with Crippen LogP contribution in [-0.2, 0) is 24.3 Å². The van der Waals surface area contributed by atoms with E-state index in [1.54, 1.807) is 11.3 Å². The molecule has 1 aromatic heterocycles. The zero-order valence-corrected chi connectivity index (χ0v) is 11.6. The van der Waals surface area contributed by atoms with Gasteiger partial charge in [0.15, 0.2) is 0 Å². The van der Waals surface area contributed by atoms with E-state index in [-0.39, 0.29) is 6.42 Å². The van der Waals surface area contributed by atoms with Crippen molar-refractivity contribution in [2.24, 2.45) is 0 Å². The fraction of sp³-hybridized carbons (Fsp3) is 0.286. The molecule has 0 spiro atoms. The maximum absolute atomic E-state index is 10.6. The van der Waals surface area contributed by atoms with Crippen LogP contribution in [0.25, 0.3) is 0 Å². The van der Waals surface area contributed by atoms with Crippen LogP contribution in [0.15, 0.2) is 35.2 Å². The minimum atomic E-state index is -0.798. The van der Waals surface area contributed by atoms with Gasteiger partial charge in [0, 0.05) is 18.5 Å². The van der Waals surface area contributed by atoms with E-state index in [1.807, 2.05) is 42.2 Å². The Morgan fingerprint density at radius 3 is 2.53 bits per heavy atom. The van der Waals surface area contributed by atoms with Crippen LogP contribution in [0.2, 0.25) is 0 Å². The number of benzene rings is 1. The van der Waals surface area contributed by atoms with Gasteiger partial charge in [-0.3, -0.25) is 9.69 Å². The summed E-state index contributed by atoms with van der Waals surface area (Å²) in [5.41, 5.74) is 4.92. The molecule has 0 aliphatic rings. The lowest BCUT2D eigenvalue weighted by Gasteiger charge is -2.15. The molecule has 0 fully saturated rings. The number of carboxylic acid groups (broad SMARTS) is 1. The van der Waals surface area contributed by atoms with Crippen molar-refractivity contribution in [1.29, 1.82) is 0 Å². The van der Waals surface area contributed by atoms with E-state index in [1.165, 1.54) is 5.56 Å². The van der Waals surface area contributed by atoms with Crippen LogP contribution >= 0.6 is 11.3 Å². The second-order valence-electron chi connectivity index (χ2n) is 4.54. The normalized spacial score (nSPS) is 10.8. The van der Waals surface area contributed by atoms with Crippen molar-refractivity contribution in [3.05, 3.63) is 52.0 Å². The van der Waals surface area contributed by atoms with E-state index < -0.39 is 5.97 Å². The topological polar surface area (TPSA) is 53.4 Å². The van der Waals surface area contributed by atoms with Crippen LogP contribution in [0.4, 0.5) is 0 Å². The number of thiazole rings is 1. The number of rotatable bonds is 6. The summed E-state index contributed by atoms with van der Waals surface area (Å²) in [4.78, 5) is 17.0. The third kappa shape index (κ3) is 4.46. The van der Waals surface area contributed by atoms with Gasteiger partial charge in [0.2, 0.25) is 0 Å². The first kappa shape index (κ1) is 13.7. The molecule has 0 unspecified atom stereocenters. The number of hydrogen-bond acceptors (Lipinski definition) is 4. The maximum Gasteiger partial charge on any atom is 0.307 e. The second kappa shape index (κ2) is 6.45. The number of nitrogens with zero attached hydrogens (tertiary/aromatic N) is 2. The van der Waals surface area contributed by atoms with Gasteiger partial charge in [0.25, 0.3) is 0 Å². The highest BCUT2D eigenvalue weighted by Gasteiger charge is 2.04. The average Bonchev–Trinajstić information content (AvgIpc) is 2.83. The van der Waals surface area contributed by atoms with E-state index in [9.17, 15) is 4.79 Å². The van der Waals surface area contributed by atoms with E-state index in [0.29, 0.717) is 0 Å². The number of carboxylic acids is 1. The molecule has 0 bridgehead atoms. The van der Waals surface area contributed by atoms with Gasteiger partial charge in [-0.25, -0.2) is 4.98 Å². The van der Waals surface area contributed by atoms with Gasteiger partial charge in [-0.05, 0) is 18.2 Å². The van der Waals surface area contributed by atoms with Crippen LogP contribution in [-0.4, -0.2) is 28.0 Å². The van der Waals surface area contributed by atoms with Gasteiger partial charge in [0.1, 0.15) is 0 Å². The minimum absolute atomic E-state index is 0.0783. The first-order chi connectivity index (χ1) is 9.13. The van der Waals surface area contributed by atoms with Gasteiger partial charge in [0.05, 0.1) is 17.6 Å². The Bertz CT molecular complexity index is 523. The molecular weight excluding hydrogens is 260 g/mol. The number of hydrogen-bond donors (Lipinski definition) is 1. The molecule has 0 atom stereocenters. The molecule has 4 nitrogen and oxygen atoms in total. The van der Waals surface area contributed by atoms with Crippen molar-refractivity contribution >= 4 is 17.3 Å². The number of carbonyl (C=O) groups is 1. The monoisotopic (exact) mass is 276 g/mol. The van der Waals surface area contributed by atoms with Gasteiger partial charge in [-0.2, -0.15) is 0 Å². The summed E-state index contributed by atoms with van der Waals surface area (Å²) in [7, 11) is 2.05. The number of aromatic nitrogens is 1. The summed E-state index contributed by atoms with van der Waals surface area (Å²) < 4.78 is 0. The maximum atomic E-state index is 10.6. The lowest BCUT2D eigenvalue weighted by atomic mass is 10.1. The summed E-state index contributed by atoms with van der Waals surface area (Å²) in [5.74, 6) is -0.798. The zero-order chi connectivity index (χ0) is 13.7. The predicted molar refractivity (Wildman–Crippen MR) is 75.1 cm³/mol. The van der Waals surface area contributed by atoms with E-state index in [2.05, 4.69) is 9.88 Å². The summed E-state index contributed by atoms with van der Waals surface area (Å²) >= 11 is 1.60. The standard InChI is InChI=1S/C14H16N2O2S/c1-16(8-13-9-19-10-15-13)7-12-4-2-11(3-5-12)6-14(17)18/h2-5,9-10H,6-8H2,1H3,(H,17,18). The van der Waals surface area contributed by atoms with Gasteiger partial charge in [-0.15, -0.1) is 11.3 Å². The lowest BCUT2D eigenvalue weighted by molar-refractivity contribution is -0.136. The van der Waals surface area contributed by atoms with Crippen molar-refractivity contribution in [2.75, 3.05) is 7.05 Å². The Morgan fingerprint density at radius 1 is 1.26 bits per heavy atom. The Balaban J connectivity index is 1.90. The quantitative estimate of drug-likeness (QED) is 0.880. The van der Waals surface area contributed by atoms with Gasteiger partial charge < -0.3 is 5.11 Å². The van der Waals surface area contributed by atoms with Crippen molar-refractivity contribution in [3.63, 3.8) is 0 Å². The summed E-state index contributed by atoms with van der Waals surface area (Å²) in [5, 5.41) is 10.8. The van der Waals surface area contributed by atoms with E-state index in [4.69, 9.17) is 5.11 Å².